The Hall–Kier alpha value is -0.940. The summed E-state index contributed by atoms with van der Waals surface area (Å²) in [5.41, 5.74) is 0.540. The van der Waals surface area contributed by atoms with Crippen molar-refractivity contribution in [3.05, 3.63) is 28.5 Å². The lowest BCUT2D eigenvalue weighted by Gasteiger charge is -2.24. The van der Waals surface area contributed by atoms with Crippen LogP contribution in [0.2, 0.25) is 0 Å². The third-order valence-corrected chi connectivity index (χ3v) is 4.61. The summed E-state index contributed by atoms with van der Waals surface area (Å²) in [6.07, 6.45) is 1.68. The molecule has 1 amide bonds. The van der Waals surface area contributed by atoms with Crippen LogP contribution < -0.4 is 5.32 Å². The smallest absolute Gasteiger partial charge is 0.272 e. The van der Waals surface area contributed by atoms with E-state index >= 15 is 0 Å². The summed E-state index contributed by atoms with van der Waals surface area (Å²) in [5, 5.41) is 3.40. The molecular weight excluding hydrogens is 294 g/mol. The van der Waals surface area contributed by atoms with Crippen LogP contribution in [0.4, 0.5) is 0 Å². The van der Waals surface area contributed by atoms with Crippen molar-refractivity contribution in [1.82, 2.24) is 15.2 Å². The summed E-state index contributed by atoms with van der Waals surface area (Å²) < 4.78 is 0.898. The number of hydrogen-bond donors (Lipinski definition) is 1. The fourth-order valence-corrected chi connectivity index (χ4v) is 3.32. The Kier molecular flexibility index (Phi) is 3.11. The fraction of sp³-hybridized carbons (Fsp3) is 0.538. The van der Waals surface area contributed by atoms with Crippen LogP contribution in [0.3, 0.4) is 0 Å². The lowest BCUT2D eigenvalue weighted by Crippen LogP contribution is -2.38. The molecule has 5 heteroatoms. The predicted octanol–water partition coefficient (Wildman–Crippen LogP) is 1.52. The molecule has 0 radical (unpaired) electrons. The minimum Gasteiger partial charge on any atom is -0.334 e. The second kappa shape index (κ2) is 4.63. The van der Waals surface area contributed by atoms with Gasteiger partial charge in [-0.1, -0.05) is 0 Å². The van der Waals surface area contributed by atoms with E-state index in [0.717, 1.165) is 24.1 Å². The summed E-state index contributed by atoms with van der Waals surface area (Å²) in [7, 11) is 0. The molecule has 4 nitrogen and oxygen atoms in total. The zero-order chi connectivity index (χ0) is 12.7. The maximum absolute atomic E-state index is 12.4. The van der Waals surface area contributed by atoms with Crippen molar-refractivity contribution in [3.8, 4) is 0 Å². The van der Waals surface area contributed by atoms with Gasteiger partial charge in [-0.15, -0.1) is 0 Å². The Bertz CT molecular complexity index is 462. The maximum Gasteiger partial charge on any atom is 0.272 e. The van der Waals surface area contributed by atoms with Gasteiger partial charge in [-0.05, 0) is 46.8 Å². The van der Waals surface area contributed by atoms with Gasteiger partial charge < -0.3 is 10.2 Å². The molecule has 0 aromatic carbocycles. The van der Waals surface area contributed by atoms with Crippen LogP contribution >= 0.6 is 15.9 Å². The summed E-state index contributed by atoms with van der Waals surface area (Å²) in [4.78, 5) is 18.6. The highest BCUT2D eigenvalue weighted by Gasteiger charge is 2.43. The number of nitrogens with one attached hydrogen (secondary N) is 1. The molecule has 3 rings (SSSR count). The van der Waals surface area contributed by atoms with Crippen LogP contribution in [0.15, 0.2) is 22.8 Å². The molecule has 0 saturated carbocycles. The normalized spacial score (nSPS) is 30.6. The molecule has 2 fully saturated rings. The monoisotopic (exact) mass is 309 g/mol. The van der Waals surface area contributed by atoms with Crippen LogP contribution in [0, 0.1) is 11.8 Å². The summed E-state index contributed by atoms with van der Waals surface area (Å²) in [5.74, 6) is 1.27. The first-order valence-corrected chi connectivity index (χ1v) is 7.09. The molecular formula is C13H16BrN3O. The first kappa shape index (κ1) is 12.1. The summed E-state index contributed by atoms with van der Waals surface area (Å²) in [6, 6.07) is 3.96. The zero-order valence-corrected chi connectivity index (χ0v) is 11.9. The molecule has 1 aromatic heterocycles. The van der Waals surface area contributed by atoms with E-state index in [1.165, 1.54) is 0 Å². The van der Waals surface area contributed by atoms with Crippen molar-refractivity contribution < 1.29 is 4.79 Å². The van der Waals surface area contributed by atoms with Crippen LogP contribution in [-0.4, -0.2) is 41.5 Å². The SMILES string of the molecule is CC1C2CNCC2CN1C(=O)c1ccc(Br)cn1. The fourth-order valence-electron chi connectivity index (χ4n) is 3.09. The molecule has 0 aliphatic carbocycles. The van der Waals surface area contributed by atoms with Gasteiger partial charge in [0.25, 0.3) is 5.91 Å². The number of amides is 1. The number of pyridine rings is 1. The van der Waals surface area contributed by atoms with E-state index < -0.39 is 0 Å². The number of fused-ring (bicyclic) bond motifs is 1. The van der Waals surface area contributed by atoms with E-state index in [0.29, 0.717) is 23.6 Å². The quantitative estimate of drug-likeness (QED) is 0.855. The molecule has 3 unspecified atom stereocenters. The molecule has 1 N–H and O–H groups in total. The van der Waals surface area contributed by atoms with Gasteiger partial charge in [-0.2, -0.15) is 0 Å². The third-order valence-electron chi connectivity index (χ3n) is 4.14. The number of rotatable bonds is 1. The van der Waals surface area contributed by atoms with E-state index in [1.54, 1.807) is 12.3 Å². The molecule has 3 heterocycles. The lowest BCUT2D eigenvalue weighted by atomic mass is 9.95. The minimum atomic E-state index is 0.0596. The number of nitrogens with zero attached hydrogens (tertiary/aromatic N) is 2. The second-order valence-corrected chi connectivity index (χ2v) is 6.06. The van der Waals surface area contributed by atoms with Gasteiger partial charge in [0.05, 0.1) is 0 Å². The standard InChI is InChI=1S/C13H16BrN3O/c1-8-11-6-15-4-9(11)7-17(8)13(18)12-3-2-10(14)5-16-12/h2-3,5,8-9,11,15H,4,6-7H2,1H3. The Labute approximate surface area is 115 Å². The van der Waals surface area contributed by atoms with Crippen LogP contribution in [0.1, 0.15) is 17.4 Å². The number of halogens is 1. The average molecular weight is 310 g/mol. The Morgan fingerprint density at radius 1 is 1.50 bits per heavy atom. The third kappa shape index (κ3) is 1.95. The number of hydrogen-bond acceptors (Lipinski definition) is 3. The highest BCUT2D eigenvalue weighted by atomic mass is 79.9. The number of carbonyl (C=O) groups excluding carboxylic acids is 1. The van der Waals surface area contributed by atoms with Crippen molar-refractivity contribution in [2.45, 2.75) is 13.0 Å². The highest BCUT2D eigenvalue weighted by Crippen LogP contribution is 2.33. The van der Waals surface area contributed by atoms with Gasteiger partial charge in [-0.3, -0.25) is 4.79 Å². The van der Waals surface area contributed by atoms with Crippen molar-refractivity contribution >= 4 is 21.8 Å². The summed E-state index contributed by atoms with van der Waals surface area (Å²) >= 11 is 3.33. The van der Waals surface area contributed by atoms with Crippen molar-refractivity contribution in [3.63, 3.8) is 0 Å². The van der Waals surface area contributed by atoms with E-state index in [4.69, 9.17) is 0 Å². The molecule has 3 atom stereocenters. The van der Waals surface area contributed by atoms with Gasteiger partial charge in [0.15, 0.2) is 0 Å². The van der Waals surface area contributed by atoms with E-state index in [9.17, 15) is 4.79 Å². The van der Waals surface area contributed by atoms with Crippen molar-refractivity contribution in [1.29, 1.82) is 0 Å². The van der Waals surface area contributed by atoms with Crippen LogP contribution in [0.25, 0.3) is 0 Å². The minimum absolute atomic E-state index is 0.0596. The average Bonchev–Trinajstić information content (AvgIpc) is 2.93. The lowest BCUT2D eigenvalue weighted by molar-refractivity contribution is 0.0722. The predicted molar refractivity (Wildman–Crippen MR) is 72.3 cm³/mol. The maximum atomic E-state index is 12.4. The van der Waals surface area contributed by atoms with Gasteiger partial charge in [0.1, 0.15) is 5.69 Å². The van der Waals surface area contributed by atoms with Crippen LogP contribution in [0.5, 0.6) is 0 Å². The van der Waals surface area contributed by atoms with Gasteiger partial charge in [-0.25, -0.2) is 4.98 Å². The molecule has 2 saturated heterocycles. The van der Waals surface area contributed by atoms with Gasteiger partial charge in [0, 0.05) is 36.3 Å². The first-order valence-electron chi connectivity index (χ1n) is 6.30. The van der Waals surface area contributed by atoms with Crippen molar-refractivity contribution in [2.75, 3.05) is 19.6 Å². The molecule has 18 heavy (non-hydrogen) atoms. The Morgan fingerprint density at radius 2 is 2.33 bits per heavy atom. The van der Waals surface area contributed by atoms with E-state index in [2.05, 4.69) is 33.2 Å². The second-order valence-electron chi connectivity index (χ2n) is 5.14. The Balaban J connectivity index is 1.79. The van der Waals surface area contributed by atoms with Crippen molar-refractivity contribution in [2.24, 2.45) is 11.8 Å². The number of aromatic nitrogens is 1. The zero-order valence-electron chi connectivity index (χ0n) is 10.3. The molecule has 0 bridgehead atoms. The molecule has 0 spiro atoms. The van der Waals surface area contributed by atoms with Gasteiger partial charge in [0.2, 0.25) is 0 Å². The number of carbonyl (C=O) groups is 1. The molecule has 2 aliphatic heterocycles. The van der Waals surface area contributed by atoms with Crippen LogP contribution in [-0.2, 0) is 0 Å². The summed E-state index contributed by atoms with van der Waals surface area (Å²) in [6.45, 7) is 5.07. The highest BCUT2D eigenvalue weighted by molar-refractivity contribution is 9.10. The van der Waals surface area contributed by atoms with Gasteiger partial charge >= 0.3 is 0 Å². The van der Waals surface area contributed by atoms with E-state index in [1.807, 2.05) is 11.0 Å². The molecule has 1 aromatic rings. The molecule has 96 valence electrons. The van der Waals surface area contributed by atoms with E-state index in [-0.39, 0.29) is 5.91 Å². The molecule has 2 aliphatic rings. The topological polar surface area (TPSA) is 45.2 Å². The Morgan fingerprint density at radius 3 is 3.00 bits per heavy atom. The largest absolute Gasteiger partial charge is 0.334 e. The first-order chi connectivity index (χ1) is 8.66. The number of likely N-dealkylation sites (tertiary alicyclic amines) is 1.